The number of para-hydroxylation sites is 1. The SMILES string of the molecule is CN1CCN(/C=C(/C#N)C(=O)N2CCCc3ccccc32)CC1. The molecular formula is C18H22N4O. The highest BCUT2D eigenvalue weighted by atomic mass is 16.2. The molecule has 0 unspecified atom stereocenters. The zero-order chi connectivity index (χ0) is 16.2. The molecule has 0 N–H and O–H groups in total. The van der Waals surface area contributed by atoms with Crippen molar-refractivity contribution in [2.45, 2.75) is 12.8 Å². The summed E-state index contributed by atoms with van der Waals surface area (Å²) in [6.45, 7) is 4.29. The van der Waals surface area contributed by atoms with Crippen molar-refractivity contribution in [1.82, 2.24) is 9.80 Å². The number of hydrogen-bond acceptors (Lipinski definition) is 4. The molecule has 1 amide bonds. The van der Waals surface area contributed by atoms with E-state index in [4.69, 9.17) is 0 Å². The molecular weight excluding hydrogens is 288 g/mol. The van der Waals surface area contributed by atoms with Gasteiger partial charge >= 0.3 is 0 Å². The minimum Gasteiger partial charge on any atom is -0.374 e. The van der Waals surface area contributed by atoms with Gasteiger partial charge in [0.1, 0.15) is 11.6 Å². The normalized spacial score (nSPS) is 19.2. The molecule has 1 aromatic carbocycles. The second-order valence-electron chi connectivity index (χ2n) is 6.18. The van der Waals surface area contributed by atoms with Crippen molar-refractivity contribution in [2.24, 2.45) is 0 Å². The molecule has 5 heteroatoms. The van der Waals surface area contributed by atoms with Gasteiger partial charge in [-0.15, -0.1) is 0 Å². The molecule has 0 radical (unpaired) electrons. The fraction of sp³-hybridized carbons (Fsp3) is 0.444. The Kier molecular flexibility index (Phi) is 4.63. The van der Waals surface area contributed by atoms with Gasteiger partial charge in [0.15, 0.2) is 0 Å². The van der Waals surface area contributed by atoms with Gasteiger partial charge in [-0.25, -0.2) is 0 Å². The maximum Gasteiger partial charge on any atom is 0.270 e. The summed E-state index contributed by atoms with van der Waals surface area (Å²) in [7, 11) is 2.09. The third-order valence-corrected chi connectivity index (χ3v) is 4.56. The van der Waals surface area contributed by atoms with Gasteiger partial charge in [-0.3, -0.25) is 4.79 Å². The Morgan fingerprint density at radius 3 is 2.65 bits per heavy atom. The minimum absolute atomic E-state index is 0.182. The first-order chi connectivity index (χ1) is 11.2. The van der Waals surface area contributed by atoms with Crippen molar-refractivity contribution in [3.8, 4) is 6.07 Å². The number of aryl methyl sites for hydroxylation is 1. The Bertz CT molecular complexity index is 653. The van der Waals surface area contributed by atoms with Gasteiger partial charge in [0.05, 0.1) is 0 Å². The van der Waals surface area contributed by atoms with Crippen molar-refractivity contribution in [3.05, 3.63) is 41.6 Å². The van der Waals surface area contributed by atoms with E-state index in [2.05, 4.69) is 29.0 Å². The number of fused-ring (bicyclic) bond motifs is 1. The van der Waals surface area contributed by atoms with Crippen LogP contribution in [0.1, 0.15) is 12.0 Å². The van der Waals surface area contributed by atoms with Crippen LogP contribution in [0.15, 0.2) is 36.0 Å². The molecule has 5 nitrogen and oxygen atoms in total. The summed E-state index contributed by atoms with van der Waals surface area (Å²) >= 11 is 0. The van der Waals surface area contributed by atoms with Gasteiger partial charge in [0.25, 0.3) is 5.91 Å². The molecule has 1 fully saturated rings. The molecule has 0 atom stereocenters. The number of carbonyl (C=O) groups excluding carboxylic acids is 1. The molecule has 1 saturated heterocycles. The van der Waals surface area contributed by atoms with E-state index in [9.17, 15) is 10.1 Å². The summed E-state index contributed by atoms with van der Waals surface area (Å²) in [4.78, 5) is 18.9. The maximum absolute atomic E-state index is 12.8. The van der Waals surface area contributed by atoms with Crippen LogP contribution in [0, 0.1) is 11.3 Å². The highest BCUT2D eigenvalue weighted by Gasteiger charge is 2.25. The summed E-state index contributed by atoms with van der Waals surface area (Å²) < 4.78 is 0. The van der Waals surface area contributed by atoms with Gasteiger partial charge in [-0.2, -0.15) is 5.26 Å². The molecule has 23 heavy (non-hydrogen) atoms. The Hall–Kier alpha value is -2.32. The highest BCUT2D eigenvalue weighted by Crippen LogP contribution is 2.27. The van der Waals surface area contributed by atoms with Crippen LogP contribution in [0.4, 0.5) is 5.69 Å². The molecule has 1 aromatic rings. The predicted octanol–water partition coefficient (Wildman–Crippen LogP) is 1.62. The highest BCUT2D eigenvalue weighted by molar-refractivity contribution is 6.08. The topological polar surface area (TPSA) is 50.6 Å². The van der Waals surface area contributed by atoms with Gasteiger partial charge in [-0.1, -0.05) is 18.2 Å². The average molecular weight is 310 g/mol. The molecule has 2 aliphatic rings. The van der Waals surface area contributed by atoms with Gasteiger partial charge in [0.2, 0.25) is 0 Å². The van der Waals surface area contributed by atoms with Gasteiger partial charge < -0.3 is 14.7 Å². The zero-order valence-electron chi connectivity index (χ0n) is 13.5. The molecule has 2 aliphatic heterocycles. The first-order valence-corrected chi connectivity index (χ1v) is 8.13. The molecule has 0 aromatic heterocycles. The van der Waals surface area contributed by atoms with E-state index in [0.717, 1.165) is 44.7 Å². The van der Waals surface area contributed by atoms with E-state index >= 15 is 0 Å². The lowest BCUT2D eigenvalue weighted by Crippen LogP contribution is -2.42. The quantitative estimate of drug-likeness (QED) is 0.615. The molecule has 3 rings (SSSR count). The molecule has 0 saturated carbocycles. The third-order valence-electron chi connectivity index (χ3n) is 4.56. The summed E-state index contributed by atoms with van der Waals surface area (Å²) in [5.74, 6) is -0.182. The van der Waals surface area contributed by atoms with Crippen LogP contribution in [0.25, 0.3) is 0 Å². The Balaban J connectivity index is 1.80. The first kappa shape index (κ1) is 15.6. The molecule has 0 aliphatic carbocycles. The third kappa shape index (κ3) is 3.38. The second kappa shape index (κ2) is 6.84. The molecule has 2 heterocycles. The number of anilines is 1. The Morgan fingerprint density at radius 1 is 1.17 bits per heavy atom. The van der Waals surface area contributed by atoms with Crippen molar-refractivity contribution >= 4 is 11.6 Å². The first-order valence-electron chi connectivity index (χ1n) is 8.13. The maximum atomic E-state index is 12.8. The van der Waals surface area contributed by atoms with E-state index in [1.54, 1.807) is 11.1 Å². The number of nitriles is 1. The number of piperazine rings is 1. The van der Waals surface area contributed by atoms with E-state index in [1.807, 2.05) is 18.2 Å². The van der Waals surface area contributed by atoms with Crippen LogP contribution >= 0.6 is 0 Å². The summed E-state index contributed by atoms with van der Waals surface area (Å²) in [5, 5.41) is 9.45. The number of carbonyl (C=O) groups is 1. The summed E-state index contributed by atoms with van der Waals surface area (Å²) in [5.41, 5.74) is 2.36. The predicted molar refractivity (Wildman–Crippen MR) is 89.9 cm³/mol. The minimum atomic E-state index is -0.182. The standard InChI is InChI=1S/C18H22N4O/c1-20-9-11-21(12-10-20)14-16(13-19)18(23)22-8-4-6-15-5-2-3-7-17(15)22/h2-3,5,7,14H,4,6,8-12H2,1H3/b16-14-. The van der Waals surface area contributed by atoms with Crippen LogP contribution in [-0.4, -0.2) is 55.5 Å². The largest absolute Gasteiger partial charge is 0.374 e. The van der Waals surface area contributed by atoms with Crippen LogP contribution in [-0.2, 0) is 11.2 Å². The van der Waals surface area contributed by atoms with Crippen LogP contribution < -0.4 is 4.90 Å². The fourth-order valence-corrected chi connectivity index (χ4v) is 3.16. The summed E-state index contributed by atoms with van der Waals surface area (Å²) in [6.07, 6.45) is 3.67. The van der Waals surface area contributed by atoms with E-state index in [-0.39, 0.29) is 11.5 Å². The number of nitrogens with zero attached hydrogens (tertiary/aromatic N) is 4. The number of amides is 1. The lowest BCUT2D eigenvalue weighted by molar-refractivity contribution is -0.114. The second-order valence-corrected chi connectivity index (χ2v) is 6.18. The zero-order valence-corrected chi connectivity index (χ0v) is 13.5. The number of rotatable bonds is 2. The summed E-state index contributed by atoms with van der Waals surface area (Å²) in [6, 6.07) is 10.1. The van der Waals surface area contributed by atoms with Crippen LogP contribution in [0.5, 0.6) is 0 Å². The van der Waals surface area contributed by atoms with Crippen molar-refractivity contribution in [1.29, 1.82) is 5.26 Å². The molecule has 120 valence electrons. The van der Waals surface area contributed by atoms with Gasteiger partial charge in [-0.05, 0) is 31.5 Å². The number of hydrogen-bond donors (Lipinski definition) is 0. The monoisotopic (exact) mass is 310 g/mol. The van der Waals surface area contributed by atoms with Crippen LogP contribution in [0.2, 0.25) is 0 Å². The lowest BCUT2D eigenvalue weighted by Gasteiger charge is -2.32. The molecule has 0 spiro atoms. The van der Waals surface area contributed by atoms with Crippen LogP contribution in [0.3, 0.4) is 0 Å². The average Bonchev–Trinajstić information content (AvgIpc) is 2.60. The Labute approximate surface area is 137 Å². The van der Waals surface area contributed by atoms with E-state index in [0.29, 0.717) is 6.54 Å². The van der Waals surface area contributed by atoms with Crippen molar-refractivity contribution < 1.29 is 4.79 Å². The molecule has 0 bridgehead atoms. The lowest BCUT2D eigenvalue weighted by atomic mass is 10.0. The van der Waals surface area contributed by atoms with E-state index < -0.39 is 0 Å². The van der Waals surface area contributed by atoms with Gasteiger partial charge in [0, 0.05) is 44.6 Å². The smallest absolute Gasteiger partial charge is 0.270 e. The number of benzene rings is 1. The Morgan fingerprint density at radius 2 is 1.91 bits per heavy atom. The fourth-order valence-electron chi connectivity index (χ4n) is 3.16. The number of likely N-dealkylation sites (N-methyl/N-ethyl adjacent to an activating group) is 1. The van der Waals surface area contributed by atoms with E-state index in [1.165, 1.54) is 5.56 Å². The van der Waals surface area contributed by atoms with Crippen molar-refractivity contribution in [3.63, 3.8) is 0 Å². The van der Waals surface area contributed by atoms with Crippen molar-refractivity contribution in [2.75, 3.05) is 44.7 Å².